The molecular weight excluding hydrogens is 338 g/mol. The predicted molar refractivity (Wildman–Crippen MR) is 92.7 cm³/mol. The van der Waals surface area contributed by atoms with Gasteiger partial charge in [-0.3, -0.25) is 4.79 Å². The SMILES string of the molecule is CNS(=O)(=O)c1ccc(/C=C/C(=O)N2CCC(CN)C2)cc1.Cl. The Hall–Kier alpha value is -1.41. The fourth-order valence-corrected chi connectivity index (χ4v) is 3.10. The van der Waals surface area contributed by atoms with E-state index in [-0.39, 0.29) is 23.2 Å². The molecule has 3 N–H and O–H groups in total. The van der Waals surface area contributed by atoms with Gasteiger partial charge in [0.15, 0.2) is 0 Å². The molecule has 6 nitrogen and oxygen atoms in total. The van der Waals surface area contributed by atoms with Crippen LogP contribution in [0.2, 0.25) is 0 Å². The first-order chi connectivity index (χ1) is 10.5. The van der Waals surface area contributed by atoms with Gasteiger partial charge >= 0.3 is 0 Å². The maximum Gasteiger partial charge on any atom is 0.246 e. The highest BCUT2D eigenvalue weighted by Crippen LogP contribution is 2.16. The molecule has 0 aliphatic carbocycles. The second-order valence-electron chi connectivity index (χ2n) is 5.28. The Labute approximate surface area is 143 Å². The summed E-state index contributed by atoms with van der Waals surface area (Å²) in [7, 11) is -2.06. The number of rotatable bonds is 5. The van der Waals surface area contributed by atoms with E-state index in [0.717, 1.165) is 18.5 Å². The number of amides is 1. The first kappa shape index (κ1) is 19.6. The third-order valence-corrected chi connectivity index (χ3v) is 5.24. The van der Waals surface area contributed by atoms with Crippen molar-refractivity contribution < 1.29 is 13.2 Å². The zero-order valence-corrected chi connectivity index (χ0v) is 14.6. The van der Waals surface area contributed by atoms with Gasteiger partial charge in [0.2, 0.25) is 15.9 Å². The molecule has 1 heterocycles. The third-order valence-electron chi connectivity index (χ3n) is 3.81. The fourth-order valence-electron chi connectivity index (χ4n) is 2.37. The van der Waals surface area contributed by atoms with Gasteiger partial charge in [-0.15, -0.1) is 12.4 Å². The number of halogens is 1. The Morgan fingerprint density at radius 3 is 2.57 bits per heavy atom. The lowest BCUT2D eigenvalue weighted by molar-refractivity contribution is -0.125. The van der Waals surface area contributed by atoms with Gasteiger partial charge in [-0.2, -0.15) is 0 Å². The molecule has 23 heavy (non-hydrogen) atoms. The molecule has 128 valence electrons. The first-order valence-electron chi connectivity index (χ1n) is 7.17. The zero-order chi connectivity index (χ0) is 16.2. The molecule has 0 radical (unpaired) electrons. The third kappa shape index (κ3) is 5.04. The Balaban J connectivity index is 0.00000264. The molecule has 0 bridgehead atoms. The molecule has 0 saturated carbocycles. The molecule has 1 amide bonds. The fraction of sp³-hybridized carbons (Fsp3) is 0.400. The molecule has 1 aromatic rings. The molecular formula is C15H22ClN3O3S. The van der Waals surface area contributed by atoms with E-state index in [0.29, 0.717) is 19.0 Å². The largest absolute Gasteiger partial charge is 0.339 e. The quantitative estimate of drug-likeness (QED) is 0.762. The van der Waals surface area contributed by atoms with Crippen molar-refractivity contribution in [1.82, 2.24) is 9.62 Å². The monoisotopic (exact) mass is 359 g/mol. The van der Waals surface area contributed by atoms with Gasteiger partial charge in [-0.25, -0.2) is 13.1 Å². The molecule has 1 fully saturated rings. The molecule has 1 aliphatic rings. The number of nitrogens with two attached hydrogens (primary N) is 1. The summed E-state index contributed by atoms with van der Waals surface area (Å²) in [6.45, 7) is 2.05. The number of carbonyl (C=O) groups is 1. The minimum atomic E-state index is -3.43. The van der Waals surface area contributed by atoms with Gasteiger partial charge in [-0.05, 0) is 49.7 Å². The minimum Gasteiger partial charge on any atom is -0.339 e. The summed E-state index contributed by atoms with van der Waals surface area (Å²) in [6, 6.07) is 6.36. The maximum absolute atomic E-state index is 12.0. The van der Waals surface area contributed by atoms with Gasteiger partial charge in [0.05, 0.1) is 4.90 Å². The van der Waals surface area contributed by atoms with Crippen LogP contribution in [0.1, 0.15) is 12.0 Å². The summed E-state index contributed by atoms with van der Waals surface area (Å²) in [5.41, 5.74) is 6.39. The summed E-state index contributed by atoms with van der Waals surface area (Å²) < 4.78 is 25.5. The molecule has 1 saturated heterocycles. The number of nitrogens with one attached hydrogen (secondary N) is 1. The molecule has 2 rings (SSSR count). The topological polar surface area (TPSA) is 92.5 Å². The summed E-state index contributed by atoms with van der Waals surface area (Å²) in [6.07, 6.45) is 4.15. The lowest BCUT2D eigenvalue weighted by Gasteiger charge is -2.13. The van der Waals surface area contributed by atoms with Gasteiger partial charge in [0.25, 0.3) is 0 Å². The van der Waals surface area contributed by atoms with E-state index in [1.165, 1.54) is 25.3 Å². The Morgan fingerprint density at radius 1 is 1.39 bits per heavy atom. The van der Waals surface area contributed by atoms with Crippen LogP contribution in [0.25, 0.3) is 6.08 Å². The average Bonchev–Trinajstić information content (AvgIpc) is 3.02. The number of nitrogens with zero attached hydrogens (tertiary/aromatic N) is 1. The highest BCUT2D eigenvalue weighted by Gasteiger charge is 2.23. The van der Waals surface area contributed by atoms with Gasteiger partial charge in [0.1, 0.15) is 0 Å². The van der Waals surface area contributed by atoms with E-state index >= 15 is 0 Å². The van der Waals surface area contributed by atoms with Crippen molar-refractivity contribution >= 4 is 34.4 Å². The average molecular weight is 360 g/mol. The minimum absolute atomic E-state index is 0. The smallest absolute Gasteiger partial charge is 0.246 e. The van der Waals surface area contributed by atoms with Crippen LogP contribution in [0.4, 0.5) is 0 Å². The highest BCUT2D eigenvalue weighted by molar-refractivity contribution is 7.89. The summed E-state index contributed by atoms with van der Waals surface area (Å²) in [5.74, 6) is 0.353. The van der Waals surface area contributed by atoms with Crippen molar-refractivity contribution in [3.8, 4) is 0 Å². The molecule has 0 aromatic heterocycles. The van der Waals surface area contributed by atoms with E-state index in [1.807, 2.05) is 0 Å². The van der Waals surface area contributed by atoms with Crippen LogP contribution in [-0.2, 0) is 14.8 Å². The lowest BCUT2D eigenvalue weighted by Crippen LogP contribution is -2.28. The summed E-state index contributed by atoms with van der Waals surface area (Å²) in [5, 5.41) is 0. The van der Waals surface area contributed by atoms with E-state index in [2.05, 4.69) is 4.72 Å². The normalized spacial score (nSPS) is 18.2. The van der Waals surface area contributed by atoms with Crippen LogP contribution >= 0.6 is 12.4 Å². The van der Waals surface area contributed by atoms with Crippen LogP contribution in [-0.4, -0.2) is 45.9 Å². The van der Waals surface area contributed by atoms with Gasteiger partial charge in [-0.1, -0.05) is 12.1 Å². The number of hydrogen-bond donors (Lipinski definition) is 2. The van der Waals surface area contributed by atoms with E-state index in [4.69, 9.17) is 5.73 Å². The van der Waals surface area contributed by atoms with Gasteiger partial charge < -0.3 is 10.6 Å². The summed E-state index contributed by atoms with van der Waals surface area (Å²) in [4.78, 5) is 14.0. The van der Waals surface area contributed by atoms with E-state index in [9.17, 15) is 13.2 Å². The first-order valence-corrected chi connectivity index (χ1v) is 8.65. The van der Waals surface area contributed by atoms with Crippen LogP contribution in [0.5, 0.6) is 0 Å². The number of hydrogen-bond acceptors (Lipinski definition) is 4. The second kappa shape index (κ2) is 8.44. The van der Waals surface area contributed by atoms with Crippen LogP contribution < -0.4 is 10.5 Å². The number of carbonyl (C=O) groups excluding carboxylic acids is 1. The van der Waals surface area contributed by atoms with Crippen molar-refractivity contribution in [2.24, 2.45) is 11.7 Å². The molecule has 1 unspecified atom stereocenters. The molecule has 1 aromatic carbocycles. The highest BCUT2D eigenvalue weighted by atomic mass is 35.5. The van der Waals surface area contributed by atoms with Crippen LogP contribution in [0, 0.1) is 5.92 Å². The Morgan fingerprint density at radius 2 is 2.04 bits per heavy atom. The van der Waals surface area contributed by atoms with Crippen molar-refractivity contribution in [2.75, 3.05) is 26.7 Å². The van der Waals surface area contributed by atoms with Crippen LogP contribution in [0.15, 0.2) is 35.2 Å². The van der Waals surface area contributed by atoms with E-state index in [1.54, 1.807) is 23.1 Å². The molecule has 1 aliphatic heterocycles. The zero-order valence-electron chi connectivity index (χ0n) is 12.9. The number of likely N-dealkylation sites (tertiary alicyclic amines) is 1. The number of benzene rings is 1. The second-order valence-corrected chi connectivity index (χ2v) is 7.17. The maximum atomic E-state index is 12.0. The van der Waals surface area contributed by atoms with Gasteiger partial charge in [0, 0.05) is 19.2 Å². The summed E-state index contributed by atoms with van der Waals surface area (Å²) >= 11 is 0. The van der Waals surface area contributed by atoms with Crippen molar-refractivity contribution in [1.29, 1.82) is 0 Å². The number of sulfonamides is 1. The van der Waals surface area contributed by atoms with E-state index < -0.39 is 10.0 Å². The standard InChI is InChI=1S/C15H21N3O3S.ClH/c1-17-22(20,21)14-5-2-12(3-6-14)4-7-15(19)18-9-8-13(10-16)11-18;/h2-7,13,17H,8-11,16H2,1H3;1H/b7-4+;. The molecule has 8 heteroatoms. The van der Waals surface area contributed by atoms with Crippen molar-refractivity contribution in [3.63, 3.8) is 0 Å². The van der Waals surface area contributed by atoms with Crippen LogP contribution in [0.3, 0.4) is 0 Å². The lowest BCUT2D eigenvalue weighted by atomic mass is 10.1. The molecule has 0 spiro atoms. The Kier molecular flexibility index (Phi) is 7.21. The van der Waals surface area contributed by atoms with Crippen molar-refractivity contribution in [2.45, 2.75) is 11.3 Å². The van der Waals surface area contributed by atoms with Crippen molar-refractivity contribution in [3.05, 3.63) is 35.9 Å². The predicted octanol–water partition coefficient (Wildman–Crippen LogP) is 0.837. The Bertz CT molecular complexity index is 659. The molecule has 1 atom stereocenters.